The number of fused-ring (bicyclic) bond motifs is 6. The first-order valence-electron chi connectivity index (χ1n) is 11.0. The van der Waals surface area contributed by atoms with E-state index in [1.165, 1.54) is 40.8 Å². The quantitative estimate of drug-likeness (QED) is 0.598. The third-order valence-corrected chi connectivity index (χ3v) is 6.48. The molecular formula is C25H20F3N3O4. The van der Waals surface area contributed by atoms with Gasteiger partial charge in [-0.05, 0) is 61.2 Å². The lowest BCUT2D eigenvalue weighted by Gasteiger charge is -2.35. The monoisotopic (exact) mass is 483 g/mol. The Morgan fingerprint density at radius 1 is 1.14 bits per heavy atom. The number of halogens is 3. The van der Waals surface area contributed by atoms with Crippen LogP contribution in [0.15, 0.2) is 41.3 Å². The van der Waals surface area contributed by atoms with Gasteiger partial charge in [-0.15, -0.1) is 0 Å². The predicted octanol–water partition coefficient (Wildman–Crippen LogP) is 3.36. The van der Waals surface area contributed by atoms with Crippen LogP contribution in [0.4, 0.5) is 18.9 Å². The summed E-state index contributed by atoms with van der Waals surface area (Å²) in [6.07, 6.45) is 2.07. The zero-order valence-electron chi connectivity index (χ0n) is 18.6. The van der Waals surface area contributed by atoms with Crippen LogP contribution < -0.4 is 15.6 Å². The number of hydrogen-bond donors (Lipinski definition) is 2. The van der Waals surface area contributed by atoms with Crippen molar-refractivity contribution in [2.24, 2.45) is 0 Å². The smallest absolute Gasteiger partial charge is 0.279 e. The molecule has 0 saturated heterocycles. The van der Waals surface area contributed by atoms with Crippen LogP contribution in [-0.4, -0.2) is 28.0 Å². The molecule has 2 aliphatic rings. The molecule has 2 amide bonds. The highest BCUT2D eigenvalue weighted by molar-refractivity contribution is 6.08. The number of nitrogens with one attached hydrogen (secondary N) is 1. The predicted molar refractivity (Wildman–Crippen MR) is 120 cm³/mol. The molecule has 10 heteroatoms. The van der Waals surface area contributed by atoms with E-state index in [0.717, 1.165) is 12.1 Å². The number of aromatic hydroxyl groups is 1. The first kappa shape index (κ1) is 22.7. The molecular weight excluding hydrogens is 463 g/mol. The standard InChI is InChI=1S/C25H20F3N3O4/c1-12-6-18(27)16(19(28)7-12)9-29-24(34)17-11-30-15-4-2-13-8-14(26)3-5-20(13)31(10-15)25(35)21(30)23(33)22(17)32/h3,5-8,11,15,33H,2,4,9-10H2,1H3,(H,29,34). The second kappa shape index (κ2) is 8.30. The lowest BCUT2D eigenvalue weighted by atomic mass is 10.0. The van der Waals surface area contributed by atoms with Crippen LogP contribution in [0.1, 0.15) is 50.0 Å². The van der Waals surface area contributed by atoms with Gasteiger partial charge in [-0.3, -0.25) is 14.4 Å². The van der Waals surface area contributed by atoms with Crippen LogP contribution in [0, 0.1) is 24.4 Å². The summed E-state index contributed by atoms with van der Waals surface area (Å²) >= 11 is 0. The van der Waals surface area contributed by atoms with Crippen molar-refractivity contribution in [3.63, 3.8) is 0 Å². The van der Waals surface area contributed by atoms with Crippen molar-refractivity contribution in [2.75, 3.05) is 11.4 Å². The van der Waals surface area contributed by atoms with Gasteiger partial charge in [-0.2, -0.15) is 0 Å². The average Bonchev–Trinajstić information content (AvgIpc) is 2.96. The Morgan fingerprint density at radius 2 is 1.86 bits per heavy atom. The minimum Gasteiger partial charge on any atom is -0.503 e. The number of aryl methyl sites for hydroxylation is 2. The summed E-state index contributed by atoms with van der Waals surface area (Å²) in [6, 6.07) is 5.92. The molecule has 2 aromatic carbocycles. The Labute approximate surface area is 197 Å². The number of rotatable bonds is 3. The van der Waals surface area contributed by atoms with Gasteiger partial charge in [0.2, 0.25) is 5.43 Å². The SMILES string of the molecule is Cc1cc(F)c(CNC(=O)c2cn3c(c(O)c2=O)C(=O)N2CC3CCc3cc(F)ccc32)c(F)c1. The van der Waals surface area contributed by atoms with Crippen molar-refractivity contribution in [3.05, 3.63) is 92.2 Å². The normalized spacial score (nSPS) is 16.4. The summed E-state index contributed by atoms with van der Waals surface area (Å²) in [5.74, 6) is -4.61. The summed E-state index contributed by atoms with van der Waals surface area (Å²) in [7, 11) is 0. The third-order valence-electron chi connectivity index (χ3n) is 6.48. The van der Waals surface area contributed by atoms with Crippen molar-refractivity contribution >= 4 is 17.5 Å². The second-order valence-electron chi connectivity index (χ2n) is 8.75. The third kappa shape index (κ3) is 3.74. The summed E-state index contributed by atoms with van der Waals surface area (Å²) in [5.41, 5.74) is -0.683. The Balaban J connectivity index is 1.50. The van der Waals surface area contributed by atoms with E-state index in [-0.39, 0.29) is 17.8 Å². The molecule has 1 aromatic heterocycles. The van der Waals surface area contributed by atoms with Gasteiger partial charge < -0.3 is 19.9 Å². The molecule has 3 aromatic rings. The lowest BCUT2D eigenvalue weighted by molar-refractivity contribution is 0.0929. The molecule has 0 saturated carbocycles. The van der Waals surface area contributed by atoms with E-state index < -0.39 is 58.6 Å². The first-order chi connectivity index (χ1) is 16.7. The second-order valence-corrected chi connectivity index (χ2v) is 8.75. The Morgan fingerprint density at radius 3 is 2.57 bits per heavy atom. The molecule has 5 rings (SSSR count). The summed E-state index contributed by atoms with van der Waals surface area (Å²) in [6.45, 7) is 1.21. The Kier molecular flexibility index (Phi) is 5.38. The van der Waals surface area contributed by atoms with Crippen molar-refractivity contribution in [2.45, 2.75) is 32.4 Å². The lowest BCUT2D eigenvalue weighted by Crippen LogP contribution is -2.44. The van der Waals surface area contributed by atoms with Gasteiger partial charge >= 0.3 is 0 Å². The highest BCUT2D eigenvalue weighted by Crippen LogP contribution is 2.37. The van der Waals surface area contributed by atoms with Gasteiger partial charge in [0.15, 0.2) is 11.4 Å². The van der Waals surface area contributed by atoms with Crippen molar-refractivity contribution in [1.82, 2.24) is 9.88 Å². The van der Waals surface area contributed by atoms with Crippen LogP contribution in [0.3, 0.4) is 0 Å². The minimum atomic E-state index is -1.08. The molecule has 35 heavy (non-hydrogen) atoms. The maximum Gasteiger partial charge on any atom is 0.279 e. The van der Waals surface area contributed by atoms with Crippen LogP contribution in [0.25, 0.3) is 0 Å². The highest BCUT2D eigenvalue weighted by Gasteiger charge is 2.38. The number of anilines is 1. The fourth-order valence-electron chi connectivity index (χ4n) is 4.73. The van der Waals surface area contributed by atoms with E-state index in [4.69, 9.17) is 0 Å². The largest absolute Gasteiger partial charge is 0.503 e. The molecule has 0 fully saturated rings. The van der Waals surface area contributed by atoms with Gasteiger partial charge in [-0.25, -0.2) is 13.2 Å². The molecule has 1 unspecified atom stereocenters. The zero-order chi connectivity index (χ0) is 25.0. The van der Waals surface area contributed by atoms with E-state index in [0.29, 0.717) is 29.7 Å². The Hall–Kier alpha value is -4.08. The molecule has 2 bridgehead atoms. The fraction of sp³-hybridized carbons (Fsp3) is 0.240. The van der Waals surface area contributed by atoms with E-state index >= 15 is 0 Å². The summed E-state index contributed by atoms with van der Waals surface area (Å²) in [4.78, 5) is 40.2. The van der Waals surface area contributed by atoms with Crippen LogP contribution >= 0.6 is 0 Å². The van der Waals surface area contributed by atoms with Gasteiger partial charge in [-0.1, -0.05) is 0 Å². The van der Waals surface area contributed by atoms with Gasteiger partial charge in [0, 0.05) is 30.5 Å². The molecule has 180 valence electrons. The summed E-state index contributed by atoms with van der Waals surface area (Å²) in [5, 5.41) is 13.0. The number of nitrogens with zero attached hydrogens (tertiary/aromatic N) is 2. The maximum absolute atomic E-state index is 14.1. The Bertz CT molecular complexity index is 1440. The molecule has 3 heterocycles. The average molecular weight is 483 g/mol. The van der Waals surface area contributed by atoms with Gasteiger partial charge in [0.1, 0.15) is 23.0 Å². The molecule has 7 nitrogen and oxygen atoms in total. The van der Waals surface area contributed by atoms with Crippen LogP contribution in [0.2, 0.25) is 0 Å². The topological polar surface area (TPSA) is 91.6 Å². The number of aromatic nitrogens is 1. The van der Waals surface area contributed by atoms with Crippen molar-refractivity contribution in [3.8, 4) is 5.75 Å². The van der Waals surface area contributed by atoms with Gasteiger partial charge in [0.25, 0.3) is 11.8 Å². The molecule has 0 radical (unpaired) electrons. The maximum atomic E-state index is 14.1. The van der Waals surface area contributed by atoms with Gasteiger partial charge in [0.05, 0.1) is 6.04 Å². The molecule has 0 spiro atoms. The molecule has 1 atom stereocenters. The first-order valence-corrected chi connectivity index (χ1v) is 11.0. The van der Waals surface area contributed by atoms with E-state index in [2.05, 4.69) is 5.32 Å². The van der Waals surface area contributed by atoms with E-state index in [1.54, 1.807) is 0 Å². The number of hydrogen-bond acceptors (Lipinski definition) is 4. The number of carbonyl (C=O) groups excluding carboxylic acids is 2. The molecule has 2 aliphatic heterocycles. The number of carbonyl (C=O) groups is 2. The highest BCUT2D eigenvalue weighted by atomic mass is 19.1. The molecule has 0 aliphatic carbocycles. The number of amides is 2. The fourth-order valence-corrected chi connectivity index (χ4v) is 4.73. The van der Waals surface area contributed by atoms with Crippen LogP contribution in [-0.2, 0) is 13.0 Å². The molecule has 2 N–H and O–H groups in total. The van der Waals surface area contributed by atoms with Crippen molar-refractivity contribution < 1.29 is 27.9 Å². The van der Waals surface area contributed by atoms with E-state index in [1.807, 2.05) is 0 Å². The van der Waals surface area contributed by atoms with E-state index in [9.17, 15) is 32.7 Å². The zero-order valence-corrected chi connectivity index (χ0v) is 18.6. The van der Waals surface area contributed by atoms with Crippen LogP contribution in [0.5, 0.6) is 5.75 Å². The minimum absolute atomic E-state index is 0.202. The summed E-state index contributed by atoms with van der Waals surface area (Å²) < 4.78 is 43.4. The van der Waals surface area contributed by atoms with Crippen molar-refractivity contribution in [1.29, 1.82) is 0 Å². The number of benzene rings is 2. The number of pyridine rings is 1.